The molecule has 0 spiro atoms. The highest BCUT2D eigenvalue weighted by Crippen LogP contribution is 2.27. The maximum absolute atomic E-state index is 13.4. The van der Waals surface area contributed by atoms with Gasteiger partial charge < -0.3 is 9.84 Å². The van der Waals surface area contributed by atoms with Crippen LogP contribution in [0.25, 0.3) is 0 Å². The molecule has 0 atom stereocenters. The van der Waals surface area contributed by atoms with Crippen LogP contribution in [0.5, 0.6) is 5.75 Å². The Morgan fingerprint density at radius 3 is 2.62 bits per heavy atom. The van der Waals surface area contributed by atoms with Crippen molar-refractivity contribution in [2.24, 2.45) is 0 Å². The van der Waals surface area contributed by atoms with Crippen molar-refractivity contribution in [2.45, 2.75) is 13.0 Å². The number of hydrogen-bond donors (Lipinski definition) is 1. The Balaban J connectivity index is 3.10. The van der Waals surface area contributed by atoms with Crippen LogP contribution < -0.4 is 4.74 Å². The van der Waals surface area contributed by atoms with Gasteiger partial charge in [0.15, 0.2) is 11.6 Å². The van der Waals surface area contributed by atoms with Crippen LogP contribution in [-0.4, -0.2) is 17.7 Å². The van der Waals surface area contributed by atoms with Crippen LogP contribution in [0.2, 0.25) is 5.02 Å². The molecule has 0 saturated heterocycles. The van der Waals surface area contributed by atoms with E-state index in [1.54, 1.807) is 0 Å². The summed E-state index contributed by atoms with van der Waals surface area (Å²) < 4.78 is 41.0. The molecule has 0 heterocycles. The minimum absolute atomic E-state index is 0.0756. The van der Waals surface area contributed by atoms with E-state index in [1.165, 1.54) is 0 Å². The van der Waals surface area contributed by atoms with E-state index in [9.17, 15) is 18.0 Å². The van der Waals surface area contributed by atoms with Gasteiger partial charge in [0.1, 0.15) is 0 Å². The summed E-state index contributed by atoms with van der Waals surface area (Å²) in [7, 11) is 0. The predicted octanol–water partition coefficient (Wildman–Crippen LogP) is 2.71. The van der Waals surface area contributed by atoms with Crippen molar-refractivity contribution >= 4 is 17.6 Å². The van der Waals surface area contributed by atoms with Crippen molar-refractivity contribution in [2.75, 3.05) is 0 Å². The number of hydrogen-bond acceptors (Lipinski definition) is 2. The number of ether oxygens (including phenoxy) is 1. The maximum Gasteiger partial charge on any atom is 0.387 e. The van der Waals surface area contributed by atoms with E-state index in [1.807, 2.05) is 0 Å². The van der Waals surface area contributed by atoms with E-state index < -0.39 is 30.6 Å². The third kappa shape index (κ3) is 3.30. The quantitative estimate of drug-likeness (QED) is 0.899. The van der Waals surface area contributed by atoms with Crippen LogP contribution in [-0.2, 0) is 11.2 Å². The van der Waals surface area contributed by atoms with Crippen LogP contribution in [0.3, 0.4) is 0 Å². The highest BCUT2D eigenvalue weighted by molar-refractivity contribution is 6.30. The number of rotatable bonds is 4. The lowest BCUT2D eigenvalue weighted by atomic mass is 10.1. The molecule has 0 aliphatic rings. The third-order valence-corrected chi connectivity index (χ3v) is 1.86. The molecular formula is C9H6ClF3O3. The summed E-state index contributed by atoms with van der Waals surface area (Å²) in [5.74, 6) is -3.21. The molecule has 0 amide bonds. The fourth-order valence-electron chi connectivity index (χ4n) is 1.09. The van der Waals surface area contributed by atoms with E-state index in [0.29, 0.717) is 0 Å². The number of carbonyl (C=O) groups is 1. The first-order valence-electron chi connectivity index (χ1n) is 4.04. The summed E-state index contributed by atoms with van der Waals surface area (Å²) in [6, 6.07) is 1.90. The Hall–Kier alpha value is -1.43. The van der Waals surface area contributed by atoms with Gasteiger partial charge in [0.2, 0.25) is 0 Å². The molecular weight excluding hydrogens is 249 g/mol. The van der Waals surface area contributed by atoms with E-state index in [-0.39, 0.29) is 10.6 Å². The zero-order valence-electron chi connectivity index (χ0n) is 7.71. The van der Waals surface area contributed by atoms with Crippen molar-refractivity contribution < 1.29 is 27.8 Å². The summed E-state index contributed by atoms with van der Waals surface area (Å²) in [6.45, 7) is -3.20. The molecule has 0 radical (unpaired) electrons. The molecule has 7 heteroatoms. The average molecular weight is 255 g/mol. The van der Waals surface area contributed by atoms with Gasteiger partial charge in [-0.25, -0.2) is 4.39 Å². The van der Waals surface area contributed by atoms with Crippen molar-refractivity contribution in [3.63, 3.8) is 0 Å². The fraction of sp³-hybridized carbons (Fsp3) is 0.222. The second-order valence-corrected chi connectivity index (χ2v) is 3.26. The first kappa shape index (κ1) is 12.6. The van der Waals surface area contributed by atoms with Gasteiger partial charge in [-0.1, -0.05) is 11.6 Å². The maximum atomic E-state index is 13.4. The van der Waals surface area contributed by atoms with Gasteiger partial charge in [-0.3, -0.25) is 4.79 Å². The van der Waals surface area contributed by atoms with E-state index in [2.05, 4.69) is 4.74 Å². The lowest BCUT2D eigenvalue weighted by Crippen LogP contribution is -2.07. The van der Waals surface area contributed by atoms with Gasteiger partial charge in [0.05, 0.1) is 6.42 Å². The molecule has 0 aromatic heterocycles. The second kappa shape index (κ2) is 5.07. The normalized spacial score (nSPS) is 10.6. The Morgan fingerprint density at radius 1 is 1.50 bits per heavy atom. The van der Waals surface area contributed by atoms with E-state index >= 15 is 0 Å². The monoisotopic (exact) mass is 254 g/mol. The number of carboxylic acids is 1. The summed E-state index contributed by atoms with van der Waals surface area (Å²) >= 11 is 5.50. The Kier molecular flexibility index (Phi) is 4.00. The fourth-order valence-corrected chi connectivity index (χ4v) is 1.32. The minimum atomic E-state index is -3.20. The van der Waals surface area contributed by atoms with Gasteiger partial charge in [-0.15, -0.1) is 0 Å². The lowest BCUT2D eigenvalue weighted by molar-refractivity contribution is -0.136. The Morgan fingerprint density at radius 2 is 2.12 bits per heavy atom. The van der Waals surface area contributed by atoms with Gasteiger partial charge in [0, 0.05) is 16.7 Å². The lowest BCUT2D eigenvalue weighted by Gasteiger charge is -2.09. The molecule has 0 fully saturated rings. The molecule has 1 rings (SSSR count). The van der Waals surface area contributed by atoms with E-state index in [4.69, 9.17) is 16.7 Å². The molecule has 0 aliphatic carbocycles. The Bertz CT molecular complexity index is 409. The molecule has 16 heavy (non-hydrogen) atoms. The van der Waals surface area contributed by atoms with Crippen LogP contribution >= 0.6 is 11.6 Å². The molecule has 0 saturated carbocycles. The number of halogens is 4. The van der Waals surface area contributed by atoms with Crippen molar-refractivity contribution in [1.82, 2.24) is 0 Å². The predicted molar refractivity (Wildman–Crippen MR) is 49.4 cm³/mol. The van der Waals surface area contributed by atoms with Crippen molar-refractivity contribution in [3.05, 3.63) is 28.5 Å². The van der Waals surface area contributed by atoms with Crippen molar-refractivity contribution in [1.29, 1.82) is 0 Å². The number of carboxylic acid groups (broad SMARTS) is 1. The minimum Gasteiger partial charge on any atom is -0.481 e. The first-order valence-corrected chi connectivity index (χ1v) is 4.42. The third-order valence-electron chi connectivity index (χ3n) is 1.64. The van der Waals surface area contributed by atoms with Crippen LogP contribution in [0, 0.1) is 5.82 Å². The van der Waals surface area contributed by atoms with Gasteiger partial charge in [-0.05, 0) is 6.07 Å². The van der Waals surface area contributed by atoms with Crippen LogP contribution in [0.15, 0.2) is 12.1 Å². The smallest absolute Gasteiger partial charge is 0.387 e. The summed E-state index contributed by atoms with van der Waals surface area (Å²) in [5.41, 5.74) is -0.310. The number of alkyl halides is 2. The highest BCUT2D eigenvalue weighted by Gasteiger charge is 2.16. The second-order valence-electron chi connectivity index (χ2n) is 2.83. The van der Waals surface area contributed by atoms with Gasteiger partial charge in [-0.2, -0.15) is 8.78 Å². The van der Waals surface area contributed by atoms with E-state index in [0.717, 1.165) is 12.1 Å². The molecule has 0 unspecified atom stereocenters. The summed E-state index contributed by atoms with van der Waals surface area (Å²) in [5, 5.41) is 8.38. The first-order chi connectivity index (χ1) is 7.40. The molecule has 0 aliphatic heterocycles. The van der Waals surface area contributed by atoms with Crippen LogP contribution in [0.4, 0.5) is 13.2 Å². The van der Waals surface area contributed by atoms with Crippen molar-refractivity contribution in [3.8, 4) is 5.75 Å². The topological polar surface area (TPSA) is 46.5 Å². The number of benzene rings is 1. The SMILES string of the molecule is O=C(O)Cc1cc(Cl)cc(OC(F)F)c1F. The van der Waals surface area contributed by atoms with Gasteiger partial charge >= 0.3 is 12.6 Å². The summed E-state index contributed by atoms with van der Waals surface area (Å²) in [6.07, 6.45) is -0.661. The average Bonchev–Trinajstić information content (AvgIpc) is 2.11. The van der Waals surface area contributed by atoms with Gasteiger partial charge in [0.25, 0.3) is 0 Å². The summed E-state index contributed by atoms with van der Waals surface area (Å²) in [4.78, 5) is 10.4. The Labute approximate surface area is 93.4 Å². The molecule has 3 nitrogen and oxygen atoms in total. The largest absolute Gasteiger partial charge is 0.481 e. The molecule has 1 N–H and O–H groups in total. The molecule has 1 aromatic rings. The zero-order chi connectivity index (χ0) is 12.3. The molecule has 1 aromatic carbocycles. The van der Waals surface area contributed by atoms with Crippen LogP contribution in [0.1, 0.15) is 5.56 Å². The number of aliphatic carboxylic acids is 1. The molecule has 88 valence electrons. The standard InChI is InChI=1S/C9H6ClF3O3/c10-5-1-4(2-7(14)15)8(11)6(3-5)16-9(12)13/h1,3,9H,2H2,(H,14,15). The highest BCUT2D eigenvalue weighted by atomic mass is 35.5. The zero-order valence-corrected chi connectivity index (χ0v) is 8.47. The molecule has 0 bridgehead atoms.